The first-order valence-electron chi connectivity index (χ1n) is 8.97. The first-order valence-corrected chi connectivity index (χ1v) is 10.6. The van der Waals surface area contributed by atoms with Crippen LogP contribution in [-0.2, 0) is 9.59 Å². The third-order valence-corrected chi connectivity index (χ3v) is 7.44. The Hall–Kier alpha value is -2.23. The molecule has 2 amide bonds. The van der Waals surface area contributed by atoms with E-state index in [9.17, 15) is 19.5 Å². The number of carbonyl (C=O) groups excluding carboxylic acids is 3. The number of rotatable bonds is 4. The fourth-order valence-electron chi connectivity index (χ4n) is 3.87. The van der Waals surface area contributed by atoms with Crippen LogP contribution in [0.4, 0.5) is 0 Å². The highest BCUT2D eigenvalue weighted by Crippen LogP contribution is 2.50. The largest absolute Gasteiger partial charge is 0.548 e. The fraction of sp³-hybridized carbons (Fsp3) is 0.368. The van der Waals surface area contributed by atoms with Crippen molar-refractivity contribution in [2.24, 2.45) is 0 Å². The minimum Gasteiger partial charge on any atom is -0.548 e. The van der Waals surface area contributed by atoms with E-state index in [4.69, 9.17) is 27.7 Å². The predicted octanol–water partition coefficient (Wildman–Crippen LogP) is 1.87. The molecule has 4 rings (SSSR count). The average molecular weight is 469 g/mol. The molecule has 2 fully saturated rings. The normalized spacial score (nSPS) is 24.4. The summed E-state index contributed by atoms with van der Waals surface area (Å²) >= 11 is 13.8. The van der Waals surface area contributed by atoms with Gasteiger partial charge in [-0.2, -0.15) is 0 Å². The summed E-state index contributed by atoms with van der Waals surface area (Å²) < 4.78 is 4.45. The Kier molecular flexibility index (Phi) is 5.03. The van der Waals surface area contributed by atoms with E-state index in [1.807, 2.05) is 0 Å². The van der Waals surface area contributed by atoms with E-state index in [0.717, 1.165) is 0 Å². The minimum atomic E-state index is -1.32. The quantitative estimate of drug-likeness (QED) is 0.680. The highest BCUT2D eigenvalue weighted by atomic mass is 35.5. The summed E-state index contributed by atoms with van der Waals surface area (Å²) in [5.41, 5.74) is 0.615. The second-order valence-corrected chi connectivity index (χ2v) is 10.2. The number of benzene rings is 1. The van der Waals surface area contributed by atoms with Gasteiger partial charge in [-0.25, -0.2) is 0 Å². The predicted molar refractivity (Wildman–Crippen MR) is 109 cm³/mol. The Morgan fingerprint density at radius 3 is 2.53 bits per heavy atom. The van der Waals surface area contributed by atoms with Gasteiger partial charge < -0.3 is 24.6 Å². The number of aryl methyl sites for hydroxylation is 1. The van der Waals surface area contributed by atoms with Gasteiger partial charge in [0.05, 0.1) is 22.1 Å². The first kappa shape index (κ1) is 21.0. The Morgan fingerprint density at radius 2 is 1.93 bits per heavy atom. The lowest BCUT2D eigenvalue weighted by Crippen LogP contribution is -2.71. The summed E-state index contributed by atoms with van der Waals surface area (Å²) in [6.07, 6.45) is 0. The van der Waals surface area contributed by atoms with Gasteiger partial charge in [0.2, 0.25) is 5.91 Å². The van der Waals surface area contributed by atoms with Gasteiger partial charge in [-0.3, -0.25) is 9.59 Å². The smallest absolute Gasteiger partial charge is 0.257 e. The molecule has 0 aliphatic carbocycles. The minimum absolute atomic E-state index is 0.106. The second-order valence-electron chi connectivity index (χ2n) is 7.59. The van der Waals surface area contributed by atoms with Crippen LogP contribution in [0, 0.1) is 6.92 Å². The molecule has 3 atom stereocenters. The maximum Gasteiger partial charge on any atom is 0.257 e. The van der Waals surface area contributed by atoms with Crippen molar-refractivity contribution < 1.29 is 24.0 Å². The van der Waals surface area contributed by atoms with Crippen molar-refractivity contribution in [1.29, 1.82) is 0 Å². The second kappa shape index (κ2) is 7.18. The summed E-state index contributed by atoms with van der Waals surface area (Å²) in [5.74, 6) is -2.16. The van der Waals surface area contributed by atoms with Crippen LogP contribution >= 0.6 is 35.0 Å². The van der Waals surface area contributed by atoms with Crippen LogP contribution in [0.3, 0.4) is 0 Å². The fourth-order valence-corrected chi connectivity index (χ4v) is 6.07. The van der Waals surface area contributed by atoms with Crippen LogP contribution in [0.2, 0.25) is 10.0 Å². The van der Waals surface area contributed by atoms with E-state index in [2.05, 4.69) is 10.5 Å². The van der Waals surface area contributed by atoms with Gasteiger partial charge in [-0.1, -0.05) is 34.4 Å². The molecule has 158 valence electrons. The van der Waals surface area contributed by atoms with Crippen molar-refractivity contribution >= 4 is 52.7 Å². The number of hydrogen-bond acceptors (Lipinski definition) is 7. The third kappa shape index (κ3) is 3.07. The standard InChI is InChI=1S/C19H17Cl2N3O5S/c1-7-10(12(23-29-7)11-8(20)5-4-6-9(11)21)15(25)22-13-16(26)24-14(18(27)28)19(2,3)30-17(13)24/h4-6,13-14,17H,1-3H3,(H,22,25)(H,27,28)/p-1/t13-,14-,17+/m1/s1. The molecule has 0 radical (unpaired) electrons. The van der Waals surface area contributed by atoms with Crippen molar-refractivity contribution in [3.8, 4) is 11.3 Å². The summed E-state index contributed by atoms with van der Waals surface area (Å²) in [5, 5.41) is 18.2. The molecule has 11 heteroatoms. The number of nitrogens with one attached hydrogen (secondary N) is 1. The molecule has 0 unspecified atom stereocenters. The first-order chi connectivity index (χ1) is 14.0. The monoisotopic (exact) mass is 468 g/mol. The Balaban J connectivity index is 1.62. The van der Waals surface area contributed by atoms with Gasteiger partial charge in [-0.15, -0.1) is 11.8 Å². The highest BCUT2D eigenvalue weighted by molar-refractivity contribution is 8.01. The van der Waals surface area contributed by atoms with Gasteiger partial charge in [0.1, 0.15) is 28.4 Å². The average Bonchev–Trinajstić information content (AvgIpc) is 3.14. The Morgan fingerprint density at radius 1 is 1.30 bits per heavy atom. The molecule has 30 heavy (non-hydrogen) atoms. The number of β-lactam (4-membered cyclic amide) rings is 1. The van der Waals surface area contributed by atoms with Crippen molar-refractivity contribution in [2.75, 3.05) is 0 Å². The topological polar surface area (TPSA) is 116 Å². The molecule has 8 nitrogen and oxygen atoms in total. The van der Waals surface area contributed by atoms with Crippen LogP contribution in [0.15, 0.2) is 22.7 Å². The van der Waals surface area contributed by atoms with Crippen molar-refractivity contribution in [2.45, 2.75) is 43.0 Å². The summed E-state index contributed by atoms with van der Waals surface area (Å²) in [6, 6.07) is 2.94. The molecule has 0 spiro atoms. The third-order valence-electron chi connectivity index (χ3n) is 5.24. The zero-order chi connectivity index (χ0) is 22.0. The van der Waals surface area contributed by atoms with Crippen molar-refractivity contribution in [1.82, 2.24) is 15.4 Å². The van der Waals surface area contributed by atoms with Crippen molar-refractivity contribution in [3.05, 3.63) is 39.6 Å². The SMILES string of the molecule is Cc1onc(-c2c(Cl)cccc2Cl)c1C(=O)N[C@@H]1C(=O)N2[C@H]1SC(C)(C)[C@H]2C(=O)[O-]. The van der Waals surface area contributed by atoms with Gasteiger partial charge in [0.15, 0.2) is 0 Å². The lowest BCUT2D eigenvalue weighted by atomic mass is 9.95. The lowest BCUT2D eigenvalue weighted by molar-refractivity contribution is -0.312. The molecule has 1 aromatic heterocycles. The molecule has 2 saturated heterocycles. The van der Waals surface area contributed by atoms with Crippen molar-refractivity contribution in [3.63, 3.8) is 0 Å². The number of carbonyl (C=O) groups is 3. The summed E-state index contributed by atoms with van der Waals surface area (Å²) in [6.45, 7) is 5.01. The number of amides is 2. The van der Waals surface area contributed by atoms with E-state index >= 15 is 0 Å². The van der Waals surface area contributed by atoms with E-state index < -0.39 is 40.0 Å². The lowest BCUT2D eigenvalue weighted by Gasteiger charge is -2.45. The molecule has 2 aromatic rings. The van der Waals surface area contributed by atoms with Crippen LogP contribution in [-0.4, -0.2) is 50.0 Å². The molecule has 1 aromatic carbocycles. The number of hydrogen-bond donors (Lipinski definition) is 1. The van der Waals surface area contributed by atoms with Gasteiger partial charge in [0.25, 0.3) is 5.91 Å². The number of aromatic nitrogens is 1. The number of fused-ring (bicyclic) bond motifs is 1. The van der Waals surface area contributed by atoms with Crippen LogP contribution in [0.1, 0.15) is 30.0 Å². The molecular formula is C19H16Cl2N3O5S-. The van der Waals surface area contributed by atoms with E-state index in [0.29, 0.717) is 15.6 Å². The number of thioether (sulfide) groups is 1. The molecule has 2 aliphatic heterocycles. The number of nitrogens with zero attached hydrogens (tertiary/aromatic N) is 2. The molecule has 1 N–H and O–H groups in total. The zero-order valence-corrected chi connectivity index (χ0v) is 18.4. The zero-order valence-electron chi connectivity index (χ0n) is 16.1. The van der Waals surface area contributed by atoms with Gasteiger partial charge in [0, 0.05) is 10.3 Å². The van der Waals surface area contributed by atoms with Gasteiger partial charge in [-0.05, 0) is 32.9 Å². The number of aliphatic carboxylic acids is 1. The van der Waals surface area contributed by atoms with Gasteiger partial charge >= 0.3 is 0 Å². The van der Waals surface area contributed by atoms with E-state index in [-0.39, 0.29) is 17.0 Å². The number of halogens is 2. The van der Waals surface area contributed by atoms with E-state index in [1.54, 1.807) is 39.0 Å². The number of carboxylic acids is 1. The maximum atomic E-state index is 13.1. The van der Waals surface area contributed by atoms with Crippen LogP contribution < -0.4 is 10.4 Å². The molecule has 2 aliphatic rings. The molecule has 3 heterocycles. The van der Waals surface area contributed by atoms with Crippen LogP contribution in [0.25, 0.3) is 11.3 Å². The number of carboxylic acid groups (broad SMARTS) is 1. The molecular weight excluding hydrogens is 453 g/mol. The molecule has 0 saturated carbocycles. The van der Waals surface area contributed by atoms with Crippen LogP contribution in [0.5, 0.6) is 0 Å². The summed E-state index contributed by atoms with van der Waals surface area (Å²) in [4.78, 5) is 38.5. The molecule has 0 bridgehead atoms. The maximum absolute atomic E-state index is 13.1. The summed E-state index contributed by atoms with van der Waals surface area (Å²) in [7, 11) is 0. The van der Waals surface area contributed by atoms with E-state index in [1.165, 1.54) is 16.7 Å². The highest BCUT2D eigenvalue weighted by Gasteiger charge is 2.62. The Labute approximate surface area is 185 Å². The Bertz CT molecular complexity index is 1070.